The third kappa shape index (κ3) is 43.0. The summed E-state index contributed by atoms with van der Waals surface area (Å²) in [5.74, 6) is -16.5. The molecule has 0 bridgehead atoms. The molecular formula is C80H107LiN2O46. The third-order valence-electron chi connectivity index (χ3n) is 17.6. The Morgan fingerprint density at radius 2 is 0.512 bits per heavy atom. The summed E-state index contributed by atoms with van der Waals surface area (Å²) in [4.78, 5) is 237. The summed E-state index contributed by atoms with van der Waals surface area (Å²) in [6.07, 6.45) is 3.42. The van der Waals surface area contributed by atoms with Crippen LogP contribution in [0.5, 0.6) is 0 Å². The van der Waals surface area contributed by atoms with Crippen LogP contribution in [0, 0.1) is 24.7 Å². The van der Waals surface area contributed by atoms with E-state index in [4.69, 9.17) is 43.5 Å². The van der Waals surface area contributed by atoms with Crippen LogP contribution in [0.15, 0.2) is 48.5 Å². The smallest absolute Gasteiger partial charge is 0.870 e. The molecule has 0 saturated carbocycles. The SMILES string of the molecule is C#CCN(C(=O)CC(O)(CC(=O)OC)C(=O)OC)C1CCc2ccccc21.C#CCN(C(=O)CC(O)(CC(=O)OC)C(=O)OC)C1CCc2ccccc21.COC(=O)CC(O)(CC(=O)O)C(=O)OC.COC(=O)CC(O)(CC(=O)O)C(=O)OC.COC(=O)CC(O)(CC(C)=O)C(=O)OC.COC(=O)CC(O)(CC(C)=O)C(=O)OC.O=C(O)CC(O)(CC(=O)O)C(=O)O.[Li+].[OH-]. The number of ether oxygens (including phenoxy) is 12. The van der Waals surface area contributed by atoms with Crippen LogP contribution in [0.1, 0.15) is 151 Å². The summed E-state index contributed by atoms with van der Waals surface area (Å²) in [6, 6.07) is 15.0. The number of fused-ring (bicyclic) bond motifs is 2. The van der Waals surface area contributed by atoms with Gasteiger partial charge in [0.2, 0.25) is 11.8 Å². The first-order valence-corrected chi connectivity index (χ1v) is 36.6. The van der Waals surface area contributed by atoms with E-state index in [9.17, 15) is 131 Å². The normalized spacial score (nSPS) is 14.7. The minimum atomic E-state index is -2.74. The molecule has 2 aromatic rings. The number of Topliss-reactive ketones (excluding diaryl/α,β-unsaturated/α-hetero) is 2. The zero-order chi connectivity index (χ0) is 98.9. The second-order valence-corrected chi connectivity index (χ2v) is 27.3. The van der Waals surface area contributed by atoms with Gasteiger partial charge < -0.3 is 133 Å². The van der Waals surface area contributed by atoms with Crippen LogP contribution in [0.2, 0.25) is 0 Å². The Morgan fingerprint density at radius 1 is 0.318 bits per heavy atom. The fraction of sp³-hybridized carbons (Fsp3) is 0.537. The summed E-state index contributed by atoms with van der Waals surface area (Å²) in [5.41, 5.74) is -12.1. The van der Waals surface area contributed by atoms with Gasteiger partial charge in [-0.05, 0) is 61.8 Å². The zero-order valence-corrected chi connectivity index (χ0v) is 73.3. The molecule has 49 heteroatoms. The Bertz CT molecular complexity index is 3950. The molecule has 0 aromatic heterocycles. The molecule has 129 heavy (non-hydrogen) atoms. The first-order chi connectivity index (χ1) is 58.9. The molecule has 2 amide bonds. The molecule has 8 unspecified atom stereocenters. The second kappa shape index (κ2) is 60.0. The Kier molecular flexibility index (Phi) is 57.9. The third-order valence-corrected chi connectivity index (χ3v) is 17.6. The number of hydrogen-bond acceptors (Lipinski definition) is 41. The summed E-state index contributed by atoms with van der Waals surface area (Å²) in [7, 11) is 12.8. The van der Waals surface area contributed by atoms with E-state index in [1.54, 1.807) is 0 Å². The largest absolute Gasteiger partial charge is 1.00 e. The Morgan fingerprint density at radius 3 is 0.690 bits per heavy atom. The number of amides is 2. The number of carbonyl (C=O) groups is 21. The molecule has 4 rings (SSSR count). The summed E-state index contributed by atoms with van der Waals surface area (Å²) >= 11 is 0. The van der Waals surface area contributed by atoms with E-state index in [2.05, 4.69) is 68.7 Å². The number of methoxy groups -OCH3 is 12. The second-order valence-electron chi connectivity index (χ2n) is 27.3. The molecule has 0 saturated heterocycles. The van der Waals surface area contributed by atoms with Crippen LogP contribution in [0.4, 0.5) is 0 Å². The van der Waals surface area contributed by atoms with Gasteiger partial charge in [-0.15, -0.1) is 12.8 Å². The number of aliphatic carboxylic acids is 5. The number of esters is 12. The summed E-state index contributed by atoms with van der Waals surface area (Å²) in [5, 5.41) is 111. The van der Waals surface area contributed by atoms with Crippen molar-refractivity contribution in [3.63, 3.8) is 0 Å². The van der Waals surface area contributed by atoms with Gasteiger partial charge in [0.05, 0.1) is 188 Å². The van der Waals surface area contributed by atoms with E-state index in [1.165, 1.54) is 23.6 Å². The van der Waals surface area contributed by atoms with Gasteiger partial charge in [0.15, 0.2) is 39.2 Å². The number of aliphatic hydroxyl groups is 7. The Hall–Kier alpha value is -12.9. The van der Waals surface area contributed by atoms with Crippen molar-refractivity contribution >= 4 is 125 Å². The van der Waals surface area contributed by atoms with Crippen molar-refractivity contribution in [3.8, 4) is 24.7 Å². The van der Waals surface area contributed by atoms with Gasteiger partial charge in [0.1, 0.15) is 11.6 Å². The van der Waals surface area contributed by atoms with Crippen molar-refractivity contribution in [2.75, 3.05) is 98.4 Å². The minimum absolute atomic E-state index is 0. The van der Waals surface area contributed by atoms with E-state index in [-0.39, 0.29) is 49.5 Å². The summed E-state index contributed by atoms with van der Waals surface area (Å²) in [6.45, 7) is 2.44. The average Bonchev–Trinajstić information content (AvgIpc) is 1.61. The van der Waals surface area contributed by atoms with Crippen LogP contribution >= 0.6 is 0 Å². The number of hydrogen-bond donors (Lipinski definition) is 12. The van der Waals surface area contributed by atoms with E-state index in [0.29, 0.717) is 12.8 Å². The molecule has 2 aliphatic rings. The van der Waals surface area contributed by atoms with Crippen LogP contribution < -0.4 is 18.9 Å². The van der Waals surface area contributed by atoms with E-state index >= 15 is 0 Å². The molecule has 2 aliphatic carbocycles. The molecule has 0 aliphatic heterocycles. The maximum atomic E-state index is 12.9. The number of carboxylic acid groups (broad SMARTS) is 5. The number of terminal acetylenes is 2. The quantitative estimate of drug-likeness (QED) is 0.0128. The number of ketones is 2. The van der Waals surface area contributed by atoms with E-state index in [0.717, 1.165) is 120 Å². The van der Waals surface area contributed by atoms with Crippen molar-refractivity contribution < 1.29 is 243 Å². The number of carbonyl (C=O) groups excluding carboxylic acids is 16. The van der Waals surface area contributed by atoms with Crippen LogP contribution in [0.3, 0.4) is 0 Å². The molecule has 0 radical (unpaired) electrons. The number of nitrogens with zero attached hydrogens (tertiary/aromatic N) is 2. The first kappa shape index (κ1) is 125. The molecule has 0 heterocycles. The molecule has 48 nitrogen and oxygen atoms in total. The van der Waals surface area contributed by atoms with Crippen molar-refractivity contribution in [2.24, 2.45) is 0 Å². The maximum Gasteiger partial charge on any atom is 1.00 e. The molecule has 0 spiro atoms. The topological polar surface area (TPSA) is 748 Å². The maximum absolute atomic E-state index is 12.9. The van der Waals surface area contributed by atoms with Crippen LogP contribution in [0.25, 0.3) is 0 Å². The number of aryl methyl sites for hydroxylation is 2. The predicted molar refractivity (Wildman–Crippen MR) is 421 cm³/mol. The average molecular weight is 1840 g/mol. The molecular weight excluding hydrogens is 1730 g/mol. The fourth-order valence-electron chi connectivity index (χ4n) is 11.6. The molecule has 0 fully saturated rings. The molecule has 8 atom stereocenters. The predicted octanol–water partition coefficient (Wildman–Crippen LogP) is -5.71. The van der Waals surface area contributed by atoms with Gasteiger partial charge in [-0.25, -0.2) is 33.6 Å². The molecule has 714 valence electrons. The van der Waals surface area contributed by atoms with E-state index < -0.39 is 254 Å². The van der Waals surface area contributed by atoms with Crippen LogP contribution in [-0.2, 0) is 170 Å². The van der Waals surface area contributed by atoms with Gasteiger partial charge in [0, 0.05) is 12.8 Å². The fourth-order valence-corrected chi connectivity index (χ4v) is 11.6. The summed E-state index contributed by atoms with van der Waals surface area (Å²) < 4.78 is 52.3. The van der Waals surface area contributed by atoms with Gasteiger partial charge in [0.25, 0.3) is 0 Å². The van der Waals surface area contributed by atoms with Gasteiger partial charge in [-0.1, -0.05) is 60.4 Å². The minimum Gasteiger partial charge on any atom is -0.870 e. The van der Waals surface area contributed by atoms with Crippen LogP contribution in [-0.4, -0.2) is 339 Å². The number of carboxylic acids is 5. The van der Waals surface area contributed by atoms with Gasteiger partial charge in [-0.3, -0.25) is 67.1 Å². The standard InChI is InChI=1S/2C20H23NO6.2C9H14O6.2C8H12O7.C6H8O7.Li.H2O/c2*1-4-11-21(16-10-9-14-7-5-6-8-15(14)16)17(22)12-20(25,19(24)27-3)13-18(23)26-2;2*1-6(10)4-9(13,8(12)15-3)5-7(11)14-2;2*1-14-6(11)4-8(13,3-5(9)10)7(12)15-2;7-3(8)1-6(13,5(11)12)2-4(9)10;;/h2*1,5-8,16,25H,9-13H2,2-3H3;2*13H,4-5H2,1-3H3;2*13H,3-4H2,1-2H3,(H,9,10);13H,1-2H2,(H,7,8)(H,9,10)(H,11,12);;1H2/q;;;;;;;+1;/p-1. The monoisotopic (exact) mass is 1840 g/mol. The van der Waals surface area contributed by atoms with Gasteiger partial charge in [-0.2, -0.15) is 0 Å². The number of benzene rings is 2. The van der Waals surface area contributed by atoms with Crippen molar-refractivity contribution in [1.82, 2.24) is 9.80 Å². The Balaban J connectivity index is -0.000000473. The molecule has 2 aromatic carbocycles. The zero-order valence-electron chi connectivity index (χ0n) is 73.3. The first-order valence-electron chi connectivity index (χ1n) is 36.6. The van der Waals surface area contributed by atoms with Crippen molar-refractivity contribution in [2.45, 2.75) is 181 Å². The van der Waals surface area contributed by atoms with Gasteiger partial charge >= 0.3 is 120 Å². The Labute approximate surface area is 749 Å². The van der Waals surface area contributed by atoms with Crippen molar-refractivity contribution in [3.05, 3.63) is 70.8 Å². The molecule has 13 N–H and O–H groups in total. The number of rotatable bonds is 39. The van der Waals surface area contributed by atoms with E-state index in [1.807, 2.05) is 48.5 Å². The van der Waals surface area contributed by atoms with Crippen molar-refractivity contribution in [1.29, 1.82) is 0 Å².